The van der Waals surface area contributed by atoms with Gasteiger partial charge in [-0.1, -0.05) is 0 Å². The standard InChI is InChI=1S/C26H29FN6O3S/c1-15-12-19(13-16(2)24(15)27)33-25(23-17(3)29-9-8-20(23)30-33)32-11-10-31(26(32)34)18-6-7-22(37(5,35)36)21(14-18)28-4/h6-7,10-14,17,28-29H,8-9H2,1-5H3/t17-/m0/s1. The van der Waals surface area contributed by atoms with E-state index in [9.17, 15) is 17.6 Å². The van der Waals surface area contributed by atoms with E-state index in [0.717, 1.165) is 24.1 Å². The van der Waals surface area contributed by atoms with Crippen LogP contribution in [-0.2, 0) is 16.3 Å². The fourth-order valence-electron chi connectivity index (χ4n) is 4.98. The Labute approximate surface area is 214 Å². The maximum absolute atomic E-state index is 14.4. The van der Waals surface area contributed by atoms with E-state index in [1.54, 1.807) is 62.2 Å². The van der Waals surface area contributed by atoms with Gasteiger partial charge in [0, 0.05) is 50.3 Å². The number of hydrogen-bond acceptors (Lipinski definition) is 6. The van der Waals surface area contributed by atoms with Crippen molar-refractivity contribution in [3.8, 4) is 17.2 Å². The average Bonchev–Trinajstić information content (AvgIpc) is 3.42. The summed E-state index contributed by atoms with van der Waals surface area (Å²) in [6.45, 7) is 6.21. The molecule has 0 bridgehead atoms. The summed E-state index contributed by atoms with van der Waals surface area (Å²) in [4.78, 5) is 13.9. The van der Waals surface area contributed by atoms with Gasteiger partial charge < -0.3 is 10.6 Å². The smallest absolute Gasteiger partial charge is 0.338 e. The van der Waals surface area contributed by atoms with Crippen LogP contribution in [0.2, 0.25) is 0 Å². The lowest BCUT2D eigenvalue weighted by Crippen LogP contribution is -2.30. The molecule has 37 heavy (non-hydrogen) atoms. The zero-order valence-electron chi connectivity index (χ0n) is 21.3. The number of rotatable bonds is 5. The predicted molar refractivity (Wildman–Crippen MR) is 141 cm³/mol. The van der Waals surface area contributed by atoms with Gasteiger partial charge in [-0.3, -0.25) is 9.13 Å². The van der Waals surface area contributed by atoms with Crippen LogP contribution in [0.15, 0.2) is 52.4 Å². The molecule has 0 unspecified atom stereocenters. The largest absolute Gasteiger partial charge is 0.387 e. The molecule has 5 rings (SSSR count). The molecule has 9 nitrogen and oxygen atoms in total. The van der Waals surface area contributed by atoms with E-state index in [2.05, 4.69) is 10.6 Å². The number of nitrogens with zero attached hydrogens (tertiary/aromatic N) is 4. The Balaban J connectivity index is 1.72. The van der Waals surface area contributed by atoms with Crippen molar-refractivity contribution in [2.75, 3.05) is 25.2 Å². The number of benzene rings is 2. The van der Waals surface area contributed by atoms with Crippen LogP contribution >= 0.6 is 0 Å². The van der Waals surface area contributed by atoms with Gasteiger partial charge in [0.2, 0.25) is 0 Å². The Morgan fingerprint density at radius 3 is 2.41 bits per heavy atom. The highest BCUT2D eigenvalue weighted by molar-refractivity contribution is 7.90. The minimum atomic E-state index is -3.45. The summed E-state index contributed by atoms with van der Waals surface area (Å²) in [7, 11) is -1.82. The van der Waals surface area contributed by atoms with Gasteiger partial charge in [0.15, 0.2) is 9.84 Å². The van der Waals surface area contributed by atoms with Crippen molar-refractivity contribution in [1.82, 2.24) is 24.2 Å². The summed E-state index contributed by atoms with van der Waals surface area (Å²) in [5.41, 5.74) is 4.03. The Morgan fingerprint density at radius 2 is 1.76 bits per heavy atom. The quantitative estimate of drug-likeness (QED) is 0.416. The van der Waals surface area contributed by atoms with Crippen molar-refractivity contribution in [3.63, 3.8) is 0 Å². The fraction of sp³-hybridized carbons (Fsp3) is 0.308. The second-order valence-electron chi connectivity index (χ2n) is 9.44. The Kier molecular flexibility index (Phi) is 6.07. The van der Waals surface area contributed by atoms with Crippen LogP contribution in [0.4, 0.5) is 10.1 Å². The number of sulfone groups is 1. The van der Waals surface area contributed by atoms with E-state index in [1.165, 1.54) is 15.2 Å². The lowest BCUT2D eigenvalue weighted by Gasteiger charge is -2.21. The minimum Gasteiger partial charge on any atom is -0.387 e. The summed E-state index contributed by atoms with van der Waals surface area (Å²) in [5, 5.41) is 11.2. The Morgan fingerprint density at radius 1 is 1.08 bits per heavy atom. The molecule has 2 aromatic heterocycles. The van der Waals surface area contributed by atoms with Gasteiger partial charge in [0.1, 0.15) is 11.6 Å². The zero-order valence-corrected chi connectivity index (χ0v) is 22.1. The van der Waals surface area contributed by atoms with Crippen molar-refractivity contribution in [2.45, 2.75) is 38.1 Å². The molecule has 4 aromatic rings. The molecule has 3 heterocycles. The van der Waals surface area contributed by atoms with Gasteiger partial charge in [0.25, 0.3) is 0 Å². The average molecular weight is 525 g/mol. The maximum Gasteiger partial charge on any atom is 0.338 e. The monoisotopic (exact) mass is 524 g/mol. The number of imidazole rings is 1. The normalized spacial score (nSPS) is 15.6. The highest BCUT2D eigenvalue weighted by atomic mass is 32.2. The van der Waals surface area contributed by atoms with E-state index >= 15 is 0 Å². The molecule has 2 N–H and O–H groups in total. The third-order valence-electron chi connectivity index (χ3n) is 6.80. The second kappa shape index (κ2) is 9.00. The number of fused-ring (bicyclic) bond motifs is 1. The first-order chi connectivity index (χ1) is 17.5. The molecule has 1 aliphatic heterocycles. The third-order valence-corrected chi connectivity index (χ3v) is 7.95. The molecule has 0 amide bonds. The van der Waals surface area contributed by atoms with E-state index in [0.29, 0.717) is 40.4 Å². The summed E-state index contributed by atoms with van der Waals surface area (Å²) in [6, 6.07) is 8.14. The number of aryl methyl sites for hydroxylation is 2. The van der Waals surface area contributed by atoms with E-state index in [-0.39, 0.29) is 22.4 Å². The van der Waals surface area contributed by atoms with Crippen molar-refractivity contribution in [2.24, 2.45) is 0 Å². The zero-order chi connectivity index (χ0) is 26.6. The third kappa shape index (κ3) is 4.17. The number of aromatic nitrogens is 4. The first-order valence-electron chi connectivity index (χ1n) is 12.0. The van der Waals surface area contributed by atoms with Crippen molar-refractivity contribution in [3.05, 3.63) is 81.4 Å². The number of nitrogens with one attached hydrogen (secondary N) is 2. The van der Waals surface area contributed by atoms with Gasteiger partial charge in [-0.05, 0) is 62.2 Å². The van der Waals surface area contributed by atoms with E-state index in [4.69, 9.17) is 5.10 Å². The Bertz CT molecular complexity index is 1680. The van der Waals surface area contributed by atoms with Crippen LogP contribution in [0, 0.1) is 19.7 Å². The molecule has 0 fully saturated rings. The lowest BCUT2D eigenvalue weighted by molar-refractivity contribution is 0.536. The van der Waals surface area contributed by atoms with Crippen LogP contribution in [0.3, 0.4) is 0 Å². The SMILES string of the molecule is CNc1cc(-n2ccn(-c3c4c(nn3-c3cc(C)c(F)c(C)c3)CCN[C@H]4C)c2=O)ccc1S(C)(=O)=O. The first kappa shape index (κ1) is 25.0. The van der Waals surface area contributed by atoms with Crippen LogP contribution in [0.25, 0.3) is 17.2 Å². The number of halogens is 1. The molecule has 0 saturated heterocycles. The van der Waals surface area contributed by atoms with Gasteiger partial charge in [-0.25, -0.2) is 22.3 Å². The molecule has 0 spiro atoms. The summed E-state index contributed by atoms with van der Waals surface area (Å²) in [5.74, 6) is 0.323. The van der Waals surface area contributed by atoms with Gasteiger partial charge in [0.05, 0.1) is 27.7 Å². The molecule has 194 valence electrons. The van der Waals surface area contributed by atoms with Gasteiger partial charge in [-0.2, -0.15) is 5.10 Å². The highest BCUT2D eigenvalue weighted by Crippen LogP contribution is 2.32. The number of hydrogen-bond donors (Lipinski definition) is 2. The summed E-state index contributed by atoms with van der Waals surface area (Å²) < 4.78 is 43.4. The molecule has 2 aromatic carbocycles. The first-order valence-corrected chi connectivity index (χ1v) is 13.8. The van der Waals surface area contributed by atoms with Gasteiger partial charge >= 0.3 is 5.69 Å². The van der Waals surface area contributed by atoms with Crippen molar-refractivity contribution >= 4 is 15.5 Å². The topological polar surface area (TPSA) is 103 Å². The molecule has 0 aliphatic carbocycles. The summed E-state index contributed by atoms with van der Waals surface area (Å²) >= 11 is 0. The van der Waals surface area contributed by atoms with E-state index in [1.807, 2.05) is 6.92 Å². The maximum atomic E-state index is 14.4. The van der Waals surface area contributed by atoms with Crippen LogP contribution in [0.5, 0.6) is 0 Å². The predicted octanol–water partition coefficient (Wildman–Crippen LogP) is 3.22. The summed E-state index contributed by atoms with van der Waals surface area (Å²) in [6.07, 6.45) is 5.16. The fourth-order valence-corrected chi connectivity index (χ4v) is 5.86. The molecule has 1 aliphatic rings. The highest BCUT2D eigenvalue weighted by Gasteiger charge is 2.29. The molecule has 11 heteroatoms. The van der Waals surface area contributed by atoms with Gasteiger partial charge in [-0.15, -0.1) is 0 Å². The van der Waals surface area contributed by atoms with Crippen LogP contribution in [0.1, 0.15) is 35.3 Å². The number of anilines is 1. The second-order valence-corrected chi connectivity index (χ2v) is 11.4. The molecular formula is C26H29FN6O3S. The molecule has 0 radical (unpaired) electrons. The lowest BCUT2D eigenvalue weighted by atomic mass is 10.0. The van der Waals surface area contributed by atoms with Crippen molar-refractivity contribution in [1.29, 1.82) is 0 Å². The van der Waals surface area contributed by atoms with E-state index < -0.39 is 9.84 Å². The van der Waals surface area contributed by atoms with Crippen LogP contribution < -0.4 is 16.3 Å². The minimum absolute atomic E-state index is 0.0460. The molecule has 1 atom stereocenters. The Hall–Kier alpha value is -3.70. The van der Waals surface area contributed by atoms with Crippen molar-refractivity contribution < 1.29 is 12.8 Å². The molecule has 0 saturated carbocycles. The molecular weight excluding hydrogens is 495 g/mol. The van der Waals surface area contributed by atoms with Crippen LogP contribution in [-0.4, -0.2) is 47.2 Å².